The molecule has 0 amide bonds. The van der Waals surface area contributed by atoms with E-state index in [1.54, 1.807) is 0 Å². The van der Waals surface area contributed by atoms with E-state index in [0.717, 1.165) is 19.5 Å². The molecule has 2 aromatic rings. The largest absolute Gasteiger partial charge is 0.333 e. The number of aromatic nitrogens is 1. The van der Waals surface area contributed by atoms with E-state index in [2.05, 4.69) is 64.4 Å². The van der Waals surface area contributed by atoms with Crippen molar-refractivity contribution in [2.24, 2.45) is 0 Å². The molecule has 94 valence electrons. The number of hydrogen-bond acceptors (Lipinski definition) is 0. The summed E-state index contributed by atoms with van der Waals surface area (Å²) in [5.41, 5.74) is 2.66. The second-order valence-electron chi connectivity index (χ2n) is 4.61. The van der Waals surface area contributed by atoms with Crippen LogP contribution in [0.25, 0.3) is 0 Å². The van der Waals surface area contributed by atoms with Gasteiger partial charge in [0.05, 0.1) is 20.0 Å². The average molecular weight is 307 g/mol. The first-order chi connectivity index (χ1) is 8.75. The fourth-order valence-corrected chi connectivity index (χ4v) is 2.41. The van der Waals surface area contributed by atoms with Crippen LogP contribution < -0.4 is 9.88 Å². The molecule has 0 saturated heterocycles. The molecule has 0 radical (unpaired) electrons. The van der Waals surface area contributed by atoms with Gasteiger partial charge in [0, 0.05) is 22.2 Å². The van der Waals surface area contributed by atoms with Gasteiger partial charge in [-0.3, -0.25) is 0 Å². The number of halogens is 1. The van der Waals surface area contributed by atoms with Gasteiger partial charge >= 0.3 is 0 Å². The highest BCUT2D eigenvalue weighted by Gasteiger charge is 2.08. The van der Waals surface area contributed by atoms with Gasteiger partial charge in [-0.1, -0.05) is 40.2 Å². The third-order valence-electron chi connectivity index (χ3n) is 3.04. The number of likely N-dealkylation sites (N-methyl/N-ethyl adjacent to an activating group) is 1. The Morgan fingerprint density at radius 1 is 1.11 bits per heavy atom. The molecule has 18 heavy (non-hydrogen) atoms. The maximum absolute atomic E-state index is 3.60. The lowest BCUT2D eigenvalue weighted by molar-refractivity contribution is -0.894. The molecule has 1 aromatic heterocycles. The van der Waals surface area contributed by atoms with Gasteiger partial charge in [-0.25, -0.2) is 4.98 Å². The van der Waals surface area contributed by atoms with Gasteiger partial charge in [-0.15, -0.1) is 0 Å². The van der Waals surface area contributed by atoms with Crippen LogP contribution in [0.4, 0.5) is 0 Å². The Balaban J connectivity index is 1.86. The van der Waals surface area contributed by atoms with Gasteiger partial charge < -0.3 is 4.90 Å². The van der Waals surface area contributed by atoms with Gasteiger partial charge in [-0.2, -0.15) is 0 Å². The number of H-pyrrole nitrogens is 1. The van der Waals surface area contributed by atoms with Crippen LogP contribution in [0.15, 0.2) is 53.1 Å². The molecule has 1 heterocycles. The maximum Gasteiger partial charge on any atom is 0.185 e. The highest BCUT2D eigenvalue weighted by molar-refractivity contribution is 9.10. The number of hydrogen-bond donors (Lipinski definition) is 1. The Hall–Kier alpha value is -1.19. The van der Waals surface area contributed by atoms with E-state index >= 15 is 0 Å². The molecule has 0 aliphatic heterocycles. The van der Waals surface area contributed by atoms with E-state index in [1.807, 2.05) is 12.3 Å². The second kappa shape index (κ2) is 6.66. The summed E-state index contributed by atoms with van der Waals surface area (Å²) in [4.78, 5) is 4.79. The van der Waals surface area contributed by atoms with E-state index in [9.17, 15) is 0 Å². The van der Waals surface area contributed by atoms with Crippen molar-refractivity contribution in [1.82, 2.24) is 0 Å². The number of aromatic amines is 1. The number of quaternary nitrogens is 1. The summed E-state index contributed by atoms with van der Waals surface area (Å²) in [5, 5.41) is 0. The van der Waals surface area contributed by atoms with E-state index in [-0.39, 0.29) is 0 Å². The second-order valence-corrected chi connectivity index (χ2v) is 5.47. The van der Waals surface area contributed by atoms with E-state index in [1.165, 1.54) is 20.6 Å². The predicted molar refractivity (Wildman–Crippen MR) is 76.3 cm³/mol. The first kappa shape index (κ1) is 13.2. The van der Waals surface area contributed by atoms with Crippen molar-refractivity contribution in [1.29, 1.82) is 0 Å². The zero-order valence-corrected chi connectivity index (χ0v) is 12.2. The Morgan fingerprint density at radius 3 is 2.61 bits per heavy atom. The number of rotatable bonds is 5. The first-order valence-corrected chi connectivity index (χ1v) is 7.05. The molecule has 0 aliphatic rings. The molecular weight excluding hydrogens is 288 g/mol. The van der Waals surface area contributed by atoms with Gasteiger partial charge in [0.25, 0.3) is 0 Å². The number of pyridine rings is 1. The fraction of sp³-hybridized carbons (Fsp3) is 0.267. The van der Waals surface area contributed by atoms with Crippen LogP contribution in [0.5, 0.6) is 0 Å². The number of nitrogens with one attached hydrogen (secondary N) is 2. The van der Waals surface area contributed by atoms with E-state index in [4.69, 9.17) is 0 Å². The molecule has 0 fully saturated rings. The SMILES string of the molecule is C[NH+](CCc1cccc[nH+]1)Cc1ccccc1Br. The van der Waals surface area contributed by atoms with Crippen LogP contribution in [-0.4, -0.2) is 13.6 Å². The average Bonchev–Trinajstić information content (AvgIpc) is 2.40. The Labute approximate surface area is 117 Å². The minimum atomic E-state index is 1.05. The molecule has 2 rings (SSSR count). The lowest BCUT2D eigenvalue weighted by Crippen LogP contribution is -3.07. The lowest BCUT2D eigenvalue weighted by atomic mass is 10.2. The quantitative estimate of drug-likeness (QED) is 0.864. The van der Waals surface area contributed by atoms with Gasteiger partial charge in [-0.05, 0) is 6.07 Å². The molecule has 0 saturated carbocycles. The van der Waals surface area contributed by atoms with Gasteiger partial charge in [0.15, 0.2) is 11.9 Å². The highest BCUT2D eigenvalue weighted by Crippen LogP contribution is 2.14. The van der Waals surface area contributed by atoms with E-state index < -0.39 is 0 Å². The van der Waals surface area contributed by atoms with Crippen LogP contribution in [0.2, 0.25) is 0 Å². The normalized spacial score (nSPS) is 12.3. The maximum atomic E-state index is 3.60. The van der Waals surface area contributed by atoms with Crippen LogP contribution >= 0.6 is 15.9 Å². The molecule has 1 unspecified atom stereocenters. The van der Waals surface area contributed by atoms with Crippen molar-refractivity contribution in [2.75, 3.05) is 13.6 Å². The Morgan fingerprint density at radius 2 is 1.89 bits per heavy atom. The first-order valence-electron chi connectivity index (χ1n) is 6.26. The summed E-state index contributed by atoms with van der Waals surface area (Å²) >= 11 is 3.60. The summed E-state index contributed by atoms with van der Waals surface area (Å²) in [5.74, 6) is 0. The zero-order chi connectivity index (χ0) is 12.8. The van der Waals surface area contributed by atoms with Crippen LogP contribution in [0, 0.1) is 0 Å². The molecule has 0 bridgehead atoms. The summed E-state index contributed by atoms with van der Waals surface area (Å²) in [6, 6.07) is 14.7. The fourth-order valence-electron chi connectivity index (χ4n) is 1.99. The summed E-state index contributed by atoms with van der Waals surface area (Å²) in [6.07, 6.45) is 3.07. The van der Waals surface area contributed by atoms with Crippen molar-refractivity contribution in [3.8, 4) is 0 Å². The highest BCUT2D eigenvalue weighted by atomic mass is 79.9. The monoisotopic (exact) mass is 306 g/mol. The third-order valence-corrected chi connectivity index (χ3v) is 3.82. The molecular formula is C15H19BrN2+2. The molecule has 1 aromatic carbocycles. The summed E-state index contributed by atoms with van der Waals surface area (Å²) in [7, 11) is 2.24. The topological polar surface area (TPSA) is 18.6 Å². The van der Waals surface area contributed by atoms with Crippen LogP contribution in [0.1, 0.15) is 11.3 Å². The van der Waals surface area contributed by atoms with Crippen molar-refractivity contribution >= 4 is 15.9 Å². The summed E-state index contributed by atoms with van der Waals surface area (Å²) < 4.78 is 1.20. The minimum Gasteiger partial charge on any atom is -0.333 e. The molecule has 2 nitrogen and oxygen atoms in total. The molecule has 0 spiro atoms. The third kappa shape index (κ3) is 3.93. The predicted octanol–water partition coefficient (Wildman–Crippen LogP) is 1.52. The number of benzene rings is 1. The lowest BCUT2D eigenvalue weighted by Gasteiger charge is -2.13. The zero-order valence-electron chi connectivity index (χ0n) is 10.6. The molecule has 3 heteroatoms. The Kier molecular flexibility index (Phi) is 4.90. The van der Waals surface area contributed by atoms with Crippen molar-refractivity contribution in [2.45, 2.75) is 13.0 Å². The minimum absolute atomic E-state index is 1.05. The molecule has 1 atom stereocenters. The Bertz CT molecular complexity index is 485. The van der Waals surface area contributed by atoms with E-state index in [0.29, 0.717) is 0 Å². The summed E-state index contributed by atoms with van der Waals surface area (Å²) in [6.45, 7) is 2.18. The molecule has 0 aliphatic carbocycles. The van der Waals surface area contributed by atoms with Crippen LogP contribution in [0.3, 0.4) is 0 Å². The van der Waals surface area contributed by atoms with Crippen molar-refractivity contribution in [3.63, 3.8) is 0 Å². The van der Waals surface area contributed by atoms with Crippen molar-refractivity contribution < 1.29 is 9.88 Å². The van der Waals surface area contributed by atoms with Gasteiger partial charge in [0.1, 0.15) is 6.54 Å². The van der Waals surface area contributed by atoms with Crippen LogP contribution in [-0.2, 0) is 13.0 Å². The molecule has 2 N–H and O–H groups in total. The van der Waals surface area contributed by atoms with Crippen molar-refractivity contribution in [3.05, 3.63) is 64.4 Å². The van der Waals surface area contributed by atoms with Gasteiger partial charge in [0.2, 0.25) is 0 Å². The smallest absolute Gasteiger partial charge is 0.185 e. The standard InChI is InChI=1S/C15H17BrN2/c1-18(11-9-14-7-4-5-10-17-14)12-13-6-2-3-8-15(13)16/h2-8,10H,9,11-12H2,1H3/p+2.